The van der Waals surface area contributed by atoms with Gasteiger partial charge in [0.15, 0.2) is 6.10 Å². The minimum Gasteiger partial charge on any atom is -0.478 e. The number of hydrogen-bond donors (Lipinski definition) is 4. The molecule has 1 aliphatic rings. The number of carbonyl (C=O) groups excluding carboxylic acids is 1. The second kappa shape index (κ2) is 11.6. The van der Waals surface area contributed by atoms with Crippen LogP contribution in [0.3, 0.4) is 0 Å². The van der Waals surface area contributed by atoms with Crippen LogP contribution in [0.5, 0.6) is 5.75 Å². The molecular weight excluding hydrogens is 470 g/mol. The zero-order valence-electron chi connectivity index (χ0n) is 18.7. The van der Waals surface area contributed by atoms with Gasteiger partial charge in [-0.2, -0.15) is 16.1 Å². The van der Waals surface area contributed by atoms with E-state index in [2.05, 4.69) is 17.2 Å². The third kappa shape index (κ3) is 7.26. The highest BCUT2D eigenvalue weighted by Gasteiger charge is 2.48. The molecule has 1 aliphatic heterocycles. The van der Waals surface area contributed by atoms with E-state index in [1.54, 1.807) is 26.3 Å². The van der Waals surface area contributed by atoms with Crippen molar-refractivity contribution < 1.29 is 33.1 Å². The fourth-order valence-corrected chi connectivity index (χ4v) is 6.47. The SMILES string of the molecule is CC(C#CCCCNC(=O)O)Oc1ccc(S(=O)(=O)N2CCSC(C)(C)[C@@H]2C(=O)NO)cc1. The van der Waals surface area contributed by atoms with Gasteiger partial charge >= 0.3 is 6.09 Å². The summed E-state index contributed by atoms with van der Waals surface area (Å²) in [4.78, 5) is 22.7. The number of nitrogens with zero attached hydrogens (tertiary/aromatic N) is 1. The van der Waals surface area contributed by atoms with E-state index in [9.17, 15) is 18.0 Å². The largest absolute Gasteiger partial charge is 0.478 e. The molecule has 2 atom stereocenters. The molecule has 1 aromatic carbocycles. The zero-order chi connectivity index (χ0) is 24.6. The first-order chi connectivity index (χ1) is 15.5. The van der Waals surface area contributed by atoms with Gasteiger partial charge in [0.05, 0.1) is 4.90 Å². The first-order valence-electron chi connectivity index (χ1n) is 10.3. The summed E-state index contributed by atoms with van der Waals surface area (Å²) >= 11 is 1.47. The quantitative estimate of drug-likeness (QED) is 0.184. The van der Waals surface area contributed by atoms with Crippen molar-refractivity contribution in [2.24, 2.45) is 0 Å². The number of sulfonamides is 1. The molecule has 1 fully saturated rings. The Morgan fingerprint density at radius 2 is 2.00 bits per heavy atom. The van der Waals surface area contributed by atoms with Crippen molar-refractivity contribution in [2.75, 3.05) is 18.8 Å². The van der Waals surface area contributed by atoms with Gasteiger partial charge in [-0.15, -0.1) is 0 Å². The summed E-state index contributed by atoms with van der Waals surface area (Å²) in [5.74, 6) is 6.00. The summed E-state index contributed by atoms with van der Waals surface area (Å²) in [5, 5.41) is 19.9. The van der Waals surface area contributed by atoms with Crippen LogP contribution in [0.2, 0.25) is 0 Å². The molecule has 2 amide bonds. The second-order valence-electron chi connectivity index (χ2n) is 7.83. The van der Waals surface area contributed by atoms with E-state index in [4.69, 9.17) is 15.1 Å². The highest BCUT2D eigenvalue weighted by atomic mass is 32.2. The van der Waals surface area contributed by atoms with E-state index in [0.717, 1.165) is 4.31 Å². The molecule has 10 nitrogen and oxygen atoms in total. The molecule has 182 valence electrons. The maximum absolute atomic E-state index is 13.3. The number of unbranched alkanes of at least 4 members (excludes halogenated alkanes) is 1. The van der Waals surface area contributed by atoms with Gasteiger partial charge in [0.25, 0.3) is 5.91 Å². The van der Waals surface area contributed by atoms with Crippen LogP contribution in [-0.4, -0.2) is 70.8 Å². The molecule has 0 radical (unpaired) electrons. The highest BCUT2D eigenvalue weighted by molar-refractivity contribution is 8.00. The summed E-state index contributed by atoms with van der Waals surface area (Å²) in [6, 6.07) is 4.79. The number of hydroxylamine groups is 1. The monoisotopic (exact) mass is 499 g/mol. The molecule has 33 heavy (non-hydrogen) atoms. The van der Waals surface area contributed by atoms with Gasteiger partial charge in [-0.3, -0.25) is 10.0 Å². The van der Waals surface area contributed by atoms with Gasteiger partial charge < -0.3 is 15.2 Å². The van der Waals surface area contributed by atoms with E-state index in [0.29, 0.717) is 30.9 Å². The van der Waals surface area contributed by atoms with Gasteiger partial charge in [-0.1, -0.05) is 11.8 Å². The van der Waals surface area contributed by atoms with E-state index < -0.39 is 38.9 Å². The Morgan fingerprint density at radius 1 is 1.33 bits per heavy atom. The Balaban J connectivity index is 2.06. The highest BCUT2D eigenvalue weighted by Crippen LogP contribution is 2.38. The van der Waals surface area contributed by atoms with Gasteiger partial charge in [0.1, 0.15) is 11.8 Å². The van der Waals surface area contributed by atoms with Crippen LogP contribution < -0.4 is 15.5 Å². The number of rotatable bonds is 8. The molecule has 1 unspecified atom stereocenters. The minimum absolute atomic E-state index is 0.0120. The van der Waals surface area contributed by atoms with Crippen molar-refractivity contribution in [2.45, 2.75) is 55.4 Å². The maximum atomic E-state index is 13.3. The lowest BCUT2D eigenvalue weighted by molar-refractivity contribution is -0.134. The normalized spacial score (nSPS) is 19.0. The van der Waals surface area contributed by atoms with Crippen molar-refractivity contribution in [3.05, 3.63) is 24.3 Å². The molecule has 1 heterocycles. The fourth-order valence-electron chi connectivity index (χ4n) is 3.37. The molecule has 1 aromatic rings. The summed E-state index contributed by atoms with van der Waals surface area (Å²) in [7, 11) is -3.99. The lowest BCUT2D eigenvalue weighted by Crippen LogP contribution is -2.61. The molecule has 4 N–H and O–H groups in total. The average Bonchev–Trinajstić information content (AvgIpc) is 2.75. The molecular formula is C21H29N3O7S2. The molecule has 12 heteroatoms. The summed E-state index contributed by atoms with van der Waals surface area (Å²) < 4.78 is 32.6. The van der Waals surface area contributed by atoms with Crippen LogP contribution >= 0.6 is 11.8 Å². The Hall–Kier alpha value is -2.46. The number of ether oxygens (including phenoxy) is 1. The smallest absolute Gasteiger partial charge is 0.404 e. The standard InChI is InChI=1S/C21H29N3O7S2/c1-15(7-5-4-6-12-22-20(26)27)31-16-8-10-17(11-9-16)33(29,30)24-13-14-32-21(2,3)18(24)19(25)23-28/h8-11,15,18,22,28H,4,6,12-14H2,1-3H3,(H,23,25)(H,26,27)/t15?,18-/m0/s1. The molecule has 0 aromatic heterocycles. The van der Waals surface area contributed by atoms with Gasteiger partial charge in [0, 0.05) is 30.0 Å². The van der Waals surface area contributed by atoms with Crippen molar-refractivity contribution in [3.8, 4) is 17.6 Å². The Bertz CT molecular complexity index is 1000. The lowest BCUT2D eigenvalue weighted by atomic mass is 10.0. The van der Waals surface area contributed by atoms with Gasteiger partial charge in [0.2, 0.25) is 10.0 Å². The van der Waals surface area contributed by atoms with E-state index in [1.807, 2.05) is 0 Å². The fraction of sp³-hybridized carbons (Fsp3) is 0.524. The van der Waals surface area contributed by atoms with Crippen LogP contribution in [0.4, 0.5) is 4.79 Å². The van der Waals surface area contributed by atoms with E-state index in [1.165, 1.54) is 36.0 Å². The van der Waals surface area contributed by atoms with Crippen LogP contribution in [0.1, 0.15) is 33.6 Å². The Labute approximate surface area is 198 Å². The Morgan fingerprint density at radius 3 is 2.61 bits per heavy atom. The predicted octanol–water partition coefficient (Wildman–Crippen LogP) is 1.90. The topological polar surface area (TPSA) is 145 Å². The number of benzene rings is 1. The first kappa shape index (κ1) is 26.8. The number of nitrogens with one attached hydrogen (secondary N) is 2. The van der Waals surface area contributed by atoms with Crippen LogP contribution in [0, 0.1) is 11.8 Å². The molecule has 0 spiro atoms. The van der Waals surface area contributed by atoms with E-state index in [-0.39, 0.29) is 11.4 Å². The first-order valence-corrected chi connectivity index (χ1v) is 12.7. The predicted molar refractivity (Wildman–Crippen MR) is 124 cm³/mol. The van der Waals surface area contributed by atoms with Gasteiger partial charge in [-0.25, -0.2) is 18.7 Å². The van der Waals surface area contributed by atoms with Crippen LogP contribution in [0.15, 0.2) is 29.2 Å². The molecule has 0 saturated carbocycles. The van der Waals surface area contributed by atoms with Crippen molar-refractivity contribution in [3.63, 3.8) is 0 Å². The Kier molecular flexibility index (Phi) is 9.42. The third-order valence-electron chi connectivity index (χ3n) is 4.89. The zero-order valence-corrected chi connectivity index (χ0v) is 20.3. The average molecular weight is 500 g/mol. The lowest BCUT2D eigenvalue weighted by Gasteiger charge is -2.43. The summed E-state index contributed by atoms with van der Waals surface area (Å²) in [6.07, 6.45) is -0.421. The van der Waals surface area contributed by atoms with Crippen molar-refractivity contribution >= 4 is 33.8 Å². The third-order valence-corrected chi connectivity index (χ3v) is 8.13. The number of carbonyl (C=O) groups is 2. The minimum atomic E-state index is -3.99. The molecule has 2 rings (SSSR count). The van der Waals surface area contributed by atoms with Crippen LogP contribution in [-0.2, 0) is 14.8 Å². The van der Waals surface area contributed by atoms with E-state index >= 15 is 0 Å². The van der Waals surface area contributed by atoms with Gasteiger partial charge in [-0.05, 0) is 51.5 Å². The number of thioether (sulfide) groups is 1. The van der Waals surface area contributed by atoms with Crippen LogP contribution in [0.25, 0.3) is 0 Å². The number of amides is 2. The summed E-state index contributed by atoms with van der Waals surface area (Å²) in [6.45, 7) is 5.74. The molecule has 1 saturated heterocycles. The molecule has 0 bridgehead atoms. The number of hydrogen-bond acceptors (Lipinski definition) is 7. The summed E-state index contributed by atoms with van der Waals surface area (Å²) in [5.41, 5.74) is 1.59. The number of carboxylic acid groups (broad SMARTS) is 1. The molecule has 0 aliphatic carbocycles. The van der Waals surface area contributed by atoms with Crippen molar-refractivity contribution in [1.29, 1.82) is 0 Å². The van der Waals surface area contributed by atoms with Crippen molar-refractivity contribution in [1.82, 2.24) is 15.1 Å². The second-order valence-corrected chi connectivity index (χ2v) is 11.5. The maximum Gasteiger partial charge on any atom is 0.404 e.